The molecule has 0 saturated heterocycles. The molecule has 0 bridgehead atoms. The Kier molecular flexibility index (Phi) is 6.39. The van der Waals surface area contributed by atoms with E-state index in [-0.39, 0.29) is 17.9 Å². The molecule has 6 nitrogen and oxygen atoms in total. The molecule has 2 aromatic rings. The number of amides is 2. The zero-order valence-corrected chi connectivity index (χ0v) is 15.9. The Morgan fingerprint density at radius 3 is 2.50 bits per heavy atom. The molecule has 0 aromatic heterocycles. The summed E-state index contributed by atoms with van der Waals surface area (Å²) in [5.41, 5.74) is 2.23. The minimum absolute atomic E-state index is 0.152. The lowest BCUT2D eigenvalue weighted by Gasteiger charge is -2.09. The van der Waals surface area contributed by atoms with E-state index in [9.17, 15) is 18.0 Å². The van der Waals surface area contributed by atoms with Gasteiger partial charge >= 0.3 is 0 Å². The number of hydrogen-bond acceptors (Lipinski definition) is 4. The normalized spacial score (nSPS) is 11.0. The summed E-state index contributed by atoms with van der Waals surface area (Å²) < 4.78 is 22.7. The van der Waals surface area contributed by atoms with E-state index in [1.165, 1.54) is 6.07 Å². The van der Waals surface area contributed by atoms with Crippen LogP contribution < -0.4 is 10.6 Å². The Balaban J connectivity index is 1.95. The molecular formula is C18H19ClN2O4S. The lowest BCUT2D eigenvalue weighted by atomic mass is 10.1. The predicted molar refractivity (Wildman–Crippen MR) is 102 cm³/mol. The standard InChI is InChI=1S/C18H19ClN2O4S/c1-12-6-7-16(15(19)8-12)21-17(22)10-20-18(23)14-5-3-4-13(9-14)11-26(2,24)25/h3-9H,10-11H2,1-2H3,(H,20,23)(H,21,22). The number of carbonyl (C=O) groups is 2. The molecule has 0 atom stereocenters. The second-order valence-corrected chi connectivity index (χ2v) is 8.53. The predicted octanol–water partition coefficient (Wildman–Crippen LogP) is 2.56. The average molecular weight is 395 g/mol. The van der Waals surface area contributed by atoms with Crippen LogP contribution in [0.15, 0.2) is 42.5 Å². The molecule has 0 aliphatic heterocycles. The molecule has 2 rings (SSSR count). The van der Waals surface area contributed by atoms with Gasteiger partial charge in [0, 0.05) is 11.8 Å². The van der Waals surface area contributed by atoms with E-state index in [1.54, 1.807) is 30.3 Å². The van der Waals surface area contributed by atoms with Gasteiger partial charge in [-0.1, -0.05) is 29.8 Å². The number of aryl methyl sites for hydroxylation is 1. The van der Waals surface area contributed by atoms with Crippen molar-refractivity contribution in [2.75, 3.05) is 18.1 Å². The Bertz CT molecular complexity index is 942. The number of anilines is 1. The molecule has 0 aliphatic carbocycles. The van der Waals surface area contributed by atoms with E-state index in [1.807, 2.05) is 13.0 Å². The number of sulfone groups is 1. The first-order chi connectivity index (χ1) is 12.1. The van der Waals surface area contributed by atoms with Gasteiger partial charge in [0.25, 0.3) is 5.91 Å². The van der Waals surface area contributed by atoms with Gasteiger partial charge in [-0.3, -0.25) is 9.59 Å². The van der Waals surface area contributed by atoms with E-state index in [0.29, 0.717) is 16.3 Å². The Morgan fingerprint density at radius 1 is 1.12 bits per heavy atom. The molecule has 2 aromatic carbocycles. The second-order valence-electron chi connectivity index (χ2n) is 5.98. The second kappa shape index (κ2) is 8.33. The Morgan fingerprint density at radius 2 is 1.85 bits per heavy atom. The fourth-order valence-electron chi connectivity index (χ4n) is 2.28. The van der Waals surface area contributed by atoms with Gasteiger partial charge in [-0.25, -0.2) is 8.42 Å². The lowest BCUT2D eigenvalue weighted by Crippen LogP contribution is -2.33. The minimum atomic E-state index is -3.20. The largest absolute Gasteiger partial charge is 0.343 e. The van der Waals surface area contributed by atoms with Crippen molar-refractivity contribution in [3.8, 4) is 0 Å². The monoisotopic (exact) mass is 394 g/mol. The highest BCUT2D eigenvalue weighted by atomic mass is 35.5. The van der Waals surface area contributed by atoms with Crippen molar-refractivity contribution in [3.05, 3.63) is 64.2 Å². The van der Waals surface area contributed by atoms with Crippen molar-refractivity contribution < 1.29 is 18.0 Å². The summed E-state index contributed by atoms with van der Waals surface area (Å²) in [5.74, 6) is -1.04. The summed E-state index contributed by atoms with van der Waals surface area (Å²) >= 11 is 6.05. The van der Waals surface area contributed by atoms with Crippen LogP contribution in [0.1, 0.15) is 21.5 Å². The molecule has 26 heavy (non-hydrogen) atoms. The SMILES string of the molecule is Cc1ccc(NC(=O)CNC(=O)c2cccc(CS(C)(=O)=O)c2)c(Cl)c1. The maximum Gasteiger partial charge on any atom is 0.251 e. The zero-order valence-electron chi connectivity index (χ0n) is 14.4. The quantitative estimate of drug-likeness (QED) is 0.787. The van der Waals surface area contributed by atoms with Gasteiger partial charge in [-0.05, 0) is 42.3 Å². The fraction of sp³-hybridized carbons (Fsp3) is 0.222. The van der Waals surface area contributed by atoms with Crippen molar-refractivity contribution >= 4 is 38.9 Å². The van der Waals surface area contributed by atoms with Gasteiger partial charge < -0.3 is 10.6 Å². The summed E-state index contributed by atoms with van der Waals surface area (Å²) in [6, 6.07) is 11.5. The highest BCUT2D eigenvalue weighted by molar-refractivity contribution is 7.89. The van der Waals surface area contributed by atoms with Gasteiger partial charge in [-0.2, -0.15) is 0 Å². The number of carbonyl (C=O) groups excluding carboxylic acids is 2. The molecule has 0 unspecified atom stereocenters. The number of benzene rings is 2. The highest BCUT2D eigenvalue weighted by Crippen LogP contribution is 2.22. The third-order valence-corrected chi connectivity index (χ3v) is 4.60. The van der Waals surface area contributed by atoms with Gasteiger partial charge in [0.2, 0.25) is 5.91 Å². The molecule has 0 radical (unpaired) electrons. The Hall–Kier alpha value is -2.38. The summed E-state index contributed by atoms with van der Waals surface area (Å²) in [7, 11) is -3.20. The van der Waals surface area contributed by atoms with Gasteiger partial charge in [-0.15, -0.1) is 0 Å². The summed E-state index contributed by atoms with van der Waals surface area (Å²) in [5, 5.41) is 5.53. The molecule has 8 heteroatoms. The van der Waals surface area contributed by atoms with Gasteiger partial charge in [0.15, 0.2) is 9.84 Å². The number of hydrogen-bond donors (Lipinski definition) is 2. The van der Waals surface area contributed by atoms with Crippen molar-refractivity contribution in [2.24, 2.45) is 0 Å². The zero-order chi connectivity index (χ0) is 19.3. The van der Waals surface area contributed by atoms with Crippen molar-refractivity contribution in [1.29, 1.82) is 0 Å². The average Bonchev–Trinajstić information content (AvgIpc) is 2.54. The molecule has 2 amide bonds. The van der Waals surface area contributed by atoms with Crippen LogP contribution >= 0.6 is 11.6 Å². The van der Waals surface area contributed by atoms with E-state index in [4.69, 9.17) is 11.6 Å². The van der Waals surface area contributed by atoms with Crippen LogP contribution in [-0.4, -0.2) is 33.0 Å². The van der Waals surface area contributed by atoms with E-state index in [2.05, 4.69) is 10.6 Å². The summed E-state index contributed by atoms with van der Waals surface area (Å²) in [6.45, 7) is 1.65. The Labute approximate surface area is 157 Å². The molecular weight excluding hydrogens is 376 g/mol. The van der Waals surface area contributed by atoms with Crippen molar-refractivity contribution in [1.82, 2.24) is 5.32 Å². The first-order valence-corrected chi connectivity index (χ1v) is 10.2. The lowest BCUT2D eigenvalue weighted by molar-refractivity contribution is -0.115. The smallest absolute Gasteiger partial charge is 0.251 e. The topological polar surface area (TPSA) is 92.3 Å². The minimum Gasteiger partial charge on any atom is -0.343 e. The number of nitrogens with one attached hydrogen (secondary N) is 2. The van der Waals surface area contributed by atoms with E-state index in [0.717, 1.165) is 11.8 Å². The van der Waals surface area contributed by atoms with Crippen LogP contribution in [0.4, 0.5) is 5.69 Å². The van der Waals surface area contributed by atoms with Crippen LogP contribution in [0.5, 0.6) is 0 Å². The van der Waals surface area contributed by atoms with Crippen LogP contribution in [0.2, 0.25) is 5.02 Å². The molecule has 0 aliphatic rings. The molecule has 0 fully saturated rings. The van der Waals surface area contributed by atoms with E-state index >= 15 is 0 Å². The van der Waals surface area contributed by atoms with Crippen LogP contribution in [0, 0.1) is 6.92 Å². The van der Waals surface area contributed by atoms with Crippen LogP contribution in [0.3, 0.4) is 0 Å². The first-order valence-electron chi connectivity index (χ1n) is 7.75. The van der Waals surface area contributed by atoms with Gasteiger partial charge in [0.1, 0.15) is 0 Å². The van der Waals surface area contributed by atoms with Crippen LogP contribution in [0.25, 0.3) is 0 Å². The maximum atomic E-state index is 12.2. The van der Waals surface area contributed by atoms with Crippen LogP contribution in [-0.2, 0) is 20.4 Å². The van der Waals surface area contributed by atoms with Crippen molar-refractivity contribution in [3.63, 3.8) is 0 Å². The summed E-state index contributed by atoms with van der Waals surface area (Å²) in [6.07, 6.45) is 1.13. The molecule has 0 heterocycles. The van der Waals surface area contributed by atoms with E-state index < -0.39 is 21.7 Å². The molecule has 0 saturated carbocycles. The van der Waals surface area contributed by atoms with Crippen molar-refractivity contribution in [2.45, 2.75) is 12.7 Å². The fourth-order valence-corrected chi connectivity index (χ4v) is 3.35. The molecule has 138 valence electrons. The third-order valence-electron chi connectivity index (χ3n) is 3.43. The number of halogens is 1. The highest BCUT2D eigenvalue weighted by Gasteiger charge is 2.11. The maximum absolute atomic E-state index is 12.2. The summed E-state index contributed by atoms with van der Waals surface area (Å²) in [4.78, 5) is 24.1. The molecule has 2 N–H and O–H groups in total. The number of rotatable bonds is 6. The molecule has 0 spiro atoms. The van der Waals surface area contributed by atoms with Gasteiger partial charge in [0.05, 0.1) is 23.0 Å². The third kappa shape index (κ3) is 6.16. The first kappa shape index (κ1) is 19.9.